The lowest BCUT2D eigenvalue weighted by Gasteiger charge is -2.01. The van der Waals surface area contributed by atoms with Crippen molar-refractivity contribution in [3.8, 4) is 0 Å². The van der Waals surface area contributed by atoms with Crippen LogP contribution in [0.15, 0.2) is 59.8 Å². The molecule has 0 fully saturated rings. The summed E-state index contributed by atoms with van der Waals surface area (Å²) in [6.07, 6.45) is 17.8. The summed E-state index contributed by atoms with van der Waals surface area (Å²) in [6, 6.07) is 0. The van der Waals surface area contributed by atoms with E-state index < -0.39 is 0 Å². The Morgan fingerprint density at radius 1 is 0.950 bits per heavy atom. The van der Waals surface area contributed by atoms with E-state index in [4.69, 9.17) is 0 Å². The Kier molecular flexibility index (Phi) is 10.8. The highest BCUT2D eigenvalue weighted by molar-refractivity contribution is 5.13. The van der Waals surface area contributed by atoms with Crippen LogP contribution in [-0.2, 0) is 0 Å². The molecule has 0 rings (SSSR count). The summed E-state index contributed by atoms with van der Waals surface area (Å²) in [6.45, 7) is 14.7. The van der Waals surface area contributed by atoms with Crippen molar-refractivity contribution in [1.82, 2.24) is 0 Å². The van der Waals surface area contributed by atoms with Crippen LogP contribution in [0.4, 0.5) is 0 Å². The third-order valence-electron chi connectivity index (χ3n) is 3.29. The Balaban J connectivity index is 4.02. The van der Waals surface area contributed by atoms with Gasteiger partial charge in [-0.2, -0.15) is 0 Å². The third kappa shape index (κ3) is 11.8. The van der Waals surface area contributed by atoms with Crippen molar-refractivity contribution in [2.45, 2.75) is 60.3 Å². The monoisotopic (exact) mass is 272 g/mol. The van der Waals surface area contributed by atoms with Crippen LogP contribution in [0.3, 0.4) is 0 Å². The summed E-state index contributed by atoms with van der Waals surface area (Å²) in [7, 11) is 0. The molecule has 0 saturated heterocycles. The van der Waals surface area contributed by atoms with Gasteiger partial charge in [0.25, 0.3) is 0 Å². The van der Waals surface area contributed by atoms with E-state index in [9.17, 15) is 0 Å². The number of hydrogen-bond acceptors (Lipinski definition) is 0. The van der Waals surface area contributed by atoms with E-state index in [1.807, 2.05) is 6.08 Å². The number of allylic oxidation sites excluding steroid dienone is 9. The Morgan fingerprint density at radius 3 is 2.15 bits per heavy atom. The molecule has 0 aromatic heterocycles. The predicted octanol–water partition coefficient (Wildman–Crippen LogP) is 6.78. The smallest absolute Gasteiger partial charge is 0.00814 e. The topological polar surface area (TPSA) is 0 Å². The van der Waals surface area contributed by atoms with E-state index >= 15 is 0 Å². The van der Waals surface area contributed by atoms with Gasteiger partial charge in [0.1, 0.15) is 0 Å². The van der Waals surface area contributed by atoms with Crippen LogP contribution >= 0.6 is 0 Å². The first-order valence-corrected chi connectivity index (χ1v) is 7.71. The lowest BCUT2D eigenvalue weighted by molar-refractivity contribution is 0.917. The minimum atomic E-state index is 0.455. The quantitative estimate of drug-likeness (QED) is 0.320. The van der Waals surface area contributed by atoms with Crippen molar-refractivity contribution in [2.24, 2.45) is 5.92 Å². The second kappa shape index (κ2) is 11.5. The SMILES string of the molecule is C=CC(C)C=CC=C(C)CCC=C(C)CCC=C(C)C. The number of hydrogen-bond donors (Lipinski definition) is 0. The van der Waals surface area contributed by atoms with Gasteiger partial charge in [0.15, 0.2) is 0 Å². The summed E-state index contributed by atoms with van der Waals surface area (Å²) < 4.78 is 0. The zero-order valence-corrected chi connectivity index (χ0v) is 14.1. The minimum Gasteiger partial charge on any atom is -0.102 e. The third-order valence-corrected chi connectivity index (χ3v) is 3.29. The molecule has 112 valence electrons. The second-order valence-electron chi connectivity index (χ2n) is 5.90. The van der Waals surface area contributed by atoms with Gasteiger partial charge in [-0.3, -0.25) is 0 Å². The molecule has 1 atom stereocenters. The highest BCUT2D eigenvalue weighted by Crippen LogP contribution is 2.11. The van der Waals surface area contributed by atoms with Crippen molar-refractivity contribution in [3.05, 3.63) is 59.8 Å². The maximum Gasteiger partial charge on any atom is -0.00814 e. The molecule has 0 heterocycles. The Morgan fingerprint density at radius 2 is 1.55 bits per heavy atom. The maximum atomic E-state index is 3.78. The molecule has 0 saturated carbocycles. The molecule has 0 aromatic carbocycles. The van der Waals surface area contributed by atoms with E-state index in [0.29, 0.717) is 5.92 Å². The zero-order valence-electron chi connectivity index (χ0n) is 14.1. The largest absolute Gasteiger partial charge is 0.102 e. The van der Waals surface area contributed by atoms with Gasteiger partial charge in [-0.25, -0.2) is 0 Å². The van der Waals surface area contributed by atoms with Gasteiger partial charge >= 0.3 is 0 Å². The molecule has 1 unspecified atom stereocenters. The van der Waals surface area contributed by atoms with Crippen molar-refractivity contribution in [3.63, 3.8) is 0 Å². The van der Waals surface area contributed by atoms with Gasteiger partial charge < -0.3 is 0 Å². The Bertz CT molecular complexity index is 384. The van der Waals surface area contributed by atoms with E-state index in [2.05, 4.69) is 71.6 Å². The van der Waals surface area contributed by atoms with Crippen molar-refractivity contribution in [2.75, 3.05) is 0 Å². The molecular weight excluding hydrogens is 240 g/mol. The molecule has 0 aliphatic rings. The van der Waals surface area contributed by atoms with Crippen molar-refractivity contribution >= 4 is 0 Å². The first kappa shape index (κ1) is 18.7. The molecule has 0 aliphatic heterocycles. The first-order valence-electron chi connectivity index (χ1n) is 7.71. The van der Waals surface area contributed by atoms with E-state index in [1.54, 1.807) is 0 Å². The van der Waals surface area contributed by atoms with Crippen LogP contribution < -0.4 is 0 Å². The molecule has 0 spiro atoms. The normalized spacial score (nSPS) is 14.4. The summed E-state index contributed by atoms with van der Waals surface area (Å²) >= 11 is 0. The minimum absolute atomic E-state index is 0.455. The molecular formula is C20H32. The van der Waals surface area contributed by atoms with Gasteiger partial charge in [-0.1, -0.05) is 60.1 Å². The van der Waals surface area contributed by atoms with Crippen LogP contribution in [-0.4, -0.2) is 0 Å². The summed E-state index contributed by atoms with van der Waals surface area (Å²) in [5.74, 6) is 0.455. The zero-order chi connectivity index (χ0) is 15.4. The molecule has 0 N–H and O–H groups in total. The molecule has 20 heavy (non-hydrogen) atoms. The van der Waals surface area contributed by atoms with Gasteiger partial charge in [0.2, 0.25) is 0 Å². The first-order chi connectivity index (χ1) is 9.45. The summed E-state index contributed by atoms with van der Waals surface area (Å²) in [4.78, 5) is 0. The average molecular weight is 272 g/mol. The van der Waals surface area contributed by atoms with Gasteiger partial charge in [0.05, 0.1) is 0 Å². The molecule has 0 nitrogen and oxygen atoms in total. The average Bonchev–Trinajstić information content (AvgIpc) is 2.38. The van der Waals surface area contributed by atoms with Crippen LogP contribution in [0.5, 0.6) is 0 Å². The van der Waals surface area contributed by atoms with Crippen LogP contribution in [0, 0.1) is 5.92 Å². The molecule has 0 radical (unpaired) electrons. The van der Waals surface area contributed by atoms with Crippen molar-refractivity contribution < 1.29 is 0 Å². The fourth-order valence-corrected chi connectivity index (χ4v) is 1.79. The molecule has 0 amide bonds. The summed E-state index contributed by atoms with van der Waals surface area (Å²) in [5, 5.41) is 0. The lowest BCUT2D eigenvalue weighted by atomic mass is 10.1. The van der Waals surface area contributed by atoms with Crippen LogP contribution in [0.2, 0.25) is 0 Å². The van der Waals surface area contributed by atoms with Gasteiger partial charge in [0, 0.05) is 0 Å². The Hall–Kier alpha value is -1.30. The molecule has 0 heteroatoms. The molecule has 0 aromatic rings. The molecule has 0 aliphatic carbocycles. The lowest BCUT2D eigenvalue weighted by Crippen LogP contribution is -1.81. The van der Waals surface area contributed by atoms with E-state index in [-0.39, 0.29) is 0 Å². The van der Waals surface area contributed by atoms with Crippen LogP contribution in [0.25, 0.3) is 0 Å². The van der Waals surface area contributed by atoms with Crippen molar-refractivity contribution in [1.29, 1.82) is 0 Å². The standard InChI is InChI=1S/C20H32/c1-7-18(4)12-9-14-20(6)16-10-15-19(5)13-8-11-17(2)3/h7,9,11-12,14-15,18H,1,8,10,13,16H2,2-6H3. The highest BCUT2D eigenvalue weighted by atomic mass is 14.0. The predicted molar refractivity (Wildman–Crippen MR) is 93.9 cm³/mol. The maximum absolute atomic E-state index is 3.78. The van der Waals surface area contributed by atoms with Gasteiger partial charge in [-0.05, 0) is 59.3 Å². The Labute approximate surface area is 126 Å². The van der Waals surface area contributed by atoms with Gasteiger partial charge in [-0.15, -0.1) is 6.58 Å². The van der Waals surface area contributed by atoms with Crippen LogP contribution in [0.1, 0.15) is 60.3 Å². The summed E-state index contributed by atoms with van der Waals surface area (Å²) in [5.41, 5.74) is 4.36. The van der Waals surface area contributed by atoms with E-state index in [0.717, 1.165) is 12.8 Å². The second-order valence-corrected chi connectivity index (χ2v) is 5.90. The fourth-order valence-electron chi connectivity index (χ4n) is 1.79. The van der Waals surface area contributed by atoms with E-state index in [1.165, 1.54) is 29.6 Å². The molecule has 0 bridgehead atoms. The highest BCUT2D eigenvalue weighted by Gasteiger charge is 1.91. The number of rotatable bonds is 9. The fraction of sp³-hybridized carbons (Fsp3) is 0.500.